The van der Waals surface area contributed by atoms with Gasteiger partial charge in [0.15, 0.2) is 0 Å². The lowest BCUT2D eigenvalue weighted by Crippen LogP contribution is -2.48. The molecule has 0 spiro atoms. The number of aromatic nitrogens is 1. The lowest BCUT2D eigenvalue weighted by molar-refractivity contribution is 0.0622. The third-order valence-electron chi connectivity index (χ3n) is 5.18. The van der Waals surface area contributed by atoms with Crippen LogP contribution >= 0.6 is 0 Å². The van der Waals surface area contributed by atoms with E-state index in [1.807, 2.05) is 43.9 Å². The van der Waals surface area contributed by atoms with Crippen molar-refractivity contribution in [3.8, 4) is 5.75 Å². The van der Waals surface area contributed by atoms with E-state index in [-0.39, 0.29) is 17.4 Å². The zero-order chi connectivity index (χ0) is 21.2. The number of para-hydroxylation sites is 1. The number of hydrogen-bond acceptors (Lipinski definition) is 5. The first-order valence-electron chi connectivity index (χ1n) is 10.4. The van der Waals surface area contributed by atoms with Gasteiger partial charge < -0.3 is 14.2 Å². The fourth-order valence-electron chi connectivity index (χ4n) is 3.65. The summed E-state index contributed by atoms with van der Waals surface area (Å²) in [4.78, 5) is 17.5. The first-order valence-corrected chi connectivity index (χ1v) is 10.4. The highest BCUT2D eigenvalue weighted by atomic mass is 16.5. The van der Waals surface area contributed by atoms with Crippen LogP contribution in [0.4, 0.5) is 0 Å². The van der Waals surface area contributed by atoms with Crippen LogP contribution in [0.25, 0.3) is 0 Å². The fourth-order valence-corrected chi connectivity index (χ4v) is 3.65. The fraction of sp³-hybridized carbons (Fsp3) is 0.565. The van der Waals surface area contributed by atoms with E-state index in [2.05, 4.69) is 36.9 Å². The van der Waals surface area contributed by atoms with Gasteiger partial charge in [-0.2, -0.15) is 0 Å². The Labute approximate surface area is 173 Å². The first-order chi connectivity index (χ1) is 13.7. The summed E-state index contributed by atoms with van der Waals surface area (Å²) in [7, 11) is 0. The Morgan fingerprint density at radius 1 is 1.17 bits per heavy atom. The van der Waals surface area contributed by atoms with E-state index in [4.69, 9.17) is 9.26 Å². The van der Waals surface area contributed by atoms with Crippen molar-refractivity contribution >= 4 is 5.91 Å². The van der Waals surface area contributed by atoms with Crippen molar-refractivity contribution in [1.82, 2.24) is 15.0 Å². The quantitative estimate of drug-likeness (QED) is 0.760. The van der Waals surface area contributed by atoms with Crippen LogP contribution in [0, 0.1) is 6.92 Å². The van der Waals surface area contributed by atoms with Gasteiger partial charge in [0.2, 0.25) is 0 Å². The second-order valence-corrected chi connectivity index (χ2v) is 9.06. The summed E-state index contributed by atoms with van der Waals surface area (Å²) >= 11 is 0. The third kappa shape index (κ3) is 4.99. The number of benzene rings is 1. The van der Waals surface area contributed by atoms with Gasteiger partial charge in [-0.25, -0.2) is 0 Å². The van der Waals surface area contributed by atoms with Gasteiger partial charge in [-0.3, -0.25) is 9.69 Å². The molecule has 0 unspecified atom stereocenters. The molecule has 3 rings (SSSR count). The van der Waals surface area contributed by atoms with Gasteiger partial charge in [-0.1, -0.05) is 44.1 Å². The van der Waals surface area contributed by atoms with Crippen LogP contribution in [0.3, 0.4) is 0 Å². The Kier molecular flexibility index (Phi) is 6.32. The van der Waals surface area contributed by atoms with Crippen LogP contribution in [0.15, 0.2) is 28.8 Å². The summed E-state index contributed by atoms with van der Waals surface area (Å²) in [5, 5.41) is 4.16. The number of aryl methyl sites for hydroxylation is 1. The van der Waals surface area contributed by atoms with Gasteiger partial charge in [-0.15, -0.1) is 0 Å². The average Bonchev–Trinajstić information content (AvgIpc) is 3.05. The summed E-state index contributed by atoms with van der Waals surface area (Å²) in [5.41, 5.74) is 2.32. The Bertz CT molecular complexity index is 843. The minimum absolute atomic E-state index is 0.0249. The molecule has 1 aromatic heterocycles. The molecule has 6 nitrogen and oxygen atoms in total. The van der Waals surface area contributed by atoms with E-state index >= 15 is 0 Å². The summed E-state index contributed by atoms with van der Waals surface area (Å²) in [6.45, 7) is 15.9. The maximum Gasteiger partial charge on any atom is 0.259 e. The Morgan fingerprint density at radius 3 is 2.45 bits per heavy atom. The molecule has 0 saturated carbocycles. The second kappa shape index (κ2) is 8.57. The molecule has 1 aliphatic rings. The molecule has 6 heteroatoms. The highest BCUT2D eigenvalue weighted by molar-refractivity contribution is 5.96. The van der Waals surface area contributed by atoms with Crippen LogP contribution in [-0.2, 0) is 12.0 Å². The molecule has 1 amide bonds. The highest BCUT2D eigenvalue weighted by Gasteiger charge is 2.32. The van der Waals surface area contributed by atoms with E-state index in [1.54, 1.807) is 0 Å². The number of carbonyl (C=O) groups is 1. The van der Waals surface area contributed by atoms with Gasteiger partial charge >= 0.3 is 0 Å². The van der Waals surface area contributed by atoms with Gasteiger partial charge in [0.05, 0.1) is 6.10 Å². The predicted octanol–water partition coefficient (Wildman–Crippen LogP) is 4.03. The second-order valence-electron chi connectivity index (χ2n) is 9.06. The number of hydrogen-bond donors (Lipinski definition) is 0. The van der Waals surface area contributed by atoms with Gasteiger partial charge in [-0.05, 0) is 26.8 Å². The van der Waals surface area contributed by atoms with E-state index in [0.29, 0.717) is 24.4 Å². The monoisotopic (exact) mass is 399 g/mol. The van der Waals surface area contributed by atoms with Crippen LogP contribution in [0.2, 0.25) is 0 Å². The zero-order valence-corrected chi connectivity index (χ0v) is 18.5. The van der Waals surface area contributed by atoms with Crippen molar-refractivity contribution in [2.75, 3.05) is 26.2 Å². The lowest BCUT2D eigenvalue weighted by Gasteiger charge is -2.35. The Morgan fingerprint density at radius 2 is 1.83 bits per heavy atom. The van der Waals surface area contributed by atoms with Crippen LogP contribution in [-0.4, -0.2) is 53.1 Å². The molecule has 2 aromatic rings. The maximum atomic E-state index is 13.2. The molecule has 0 radical (unpaired) electrons. The van der Waals surface area contributed by atoms with Crippen molar-refractivity contribution in [3.63, 3.8) is 0 Å². The van der Waals surface area contributed by atoms with Gasteiger partial charge in [0, 0.05) is 43.7 Å². The van der Waals surface area contributed by atoms with Crippen LogP contribution in [0.5, 0.6) is 5.75 Å². The third-order valence-corrected chi connectivity index (χ3v) is 5.18. The zero-order valence-electron chi connectivity index (χ0n) is 18.5. The molecule has 0 bridgehead atoms. The van der Waals surface area contributed by atoms with E-state index in [0.717, 1.165) is 31.1 Å². The minimum atomic E-state index is -0.231. The highest BCUT2D eigenvalue weighted by Crippen LogP contribution is 2.28. The number of carbonyl (C=O) groups excluding carboxylic acids is 1. The smallest absolute Gasteiger partial charge is 0.259 e. The van der Waals surface area contributed by atoms with Crippen molar-refractivity contribution in [1.29, 1.82) is 0 Å². The molecule has 29 heavy (non-hydrogen) atoms. The number of ether oxygens (including phenoxy) is 1. The molecule has 1 aliphatic heterocycles. The topological polar surface area (TPSA) is 58.8 Å². The molecule has 158 valence electrons. The predicted molar refractivity (Wildman–Crippen MR) is 113 cm³/mol. The van der Waals surface area contributed by atoms with Crippen molar-refractivity contribution < 1.29 is 14.1 Å². The molecule has 1 fully saturated rings. The number of amides is 1. The van der Waals surface area contributed by atoms with Gasteiger partial charge in [0.25, 0.3) is 5.91 Å². The van der Waals surface area contributed by atoms with Crippen molar-refractivity contribution in [3.05, 3.63) is 46.8 Å². The molecule has 1 aromatic carbocycles. The molecule has 0 N–H and O–H groups in total. The summed E-state index contributed by atoms with van der Waals surface area (Å²) in [6, 6.07) is 8.19. The Balaban J connectivity index is 1.65. The number of rotatable bonds is 5. The van der Waals surface area contributed by atoms with Crippen LogP contribution < -0.4 is 4.74 Å². The van der Waals surface area contributed by atoms with Crippen molar-refractivity contribution in [2.24, 2.45) is 0 Å². The van der Waals surface area contributed by atoms with Crippen molar-refractivity contribution in [2.45, 2.75) is 59.6 Å². The maximum absolute atomic E-state index is 13.2. The molecule has 0 aliphatic carbocycles. The first kappa shape index (κ1) is 21.4. The van der Waals surface area contributed by atoms with E-state index in [9.17, 15) is 4.79 Å². The SMILES string of the molecule is Cc1onc(C(C)(C)C)c1C(=O)N1CCN(Cc2ccccc2OC(C)C)CC1. The summed E-state index contributed by atoms with van der Waals surface area (Å²) < 4.78 is 11.3. The molecular formula is C23H33N3O3. The van der Waals surface area contributed by atoms with Crippen LogP contribution in [0.1, 0.15) is 62.0 Å². The van der Waals surface area contributed by atoms with E-state index in [1.165, 1.54) is 5.56 Å². The van der Waals surface area contributed by atoms with E-state index < -0.39 is 0 Å². The largest absolute Gasteiger partial charge is 0.491 e. The number of nitrogens with zero attached hydrogens (tertiary/aromatic N) is 3. The molecule has 0 atom stereocenters. The lowest BCUT2D eigenvalue weighted by atomic mass is 9.88. The standard InChI is InChI=1S/C23H33N3O3/c1-16(2)28-19-10-8-7-9-18(19)15-25-11-13-26(14-12-25)22(27)20-17(3)29-24-21(20)23(4,5)6/h7-10,16H,11-15H2,1-6H3. The molecular weight excluding hydrogens is 366 g/mol. The normalized spacial score (nSPS) is 15.8. The molecule has 1 saturated heterocycles. The van der Waals surface area contributed by atoms with Gasteiger partial charge in [0.1, 0.15) is 22.8 Å². The average molecular weight is 400 g/mol. The Hall–Kier alpha value is -2.34. The summed E-state index contributed by atoms with van der Waals surface area (Å²) in [5.74, 6) is 1.56. The summed E-state index contributed by atoms with van der Waals surface area (Å²) in [6.07, 6.45) is 0.148. The number of piperazine rings is 1. The molecule has 2 heterocycles. The minimum Gasteiger partial charge on any atom is -0.491 e.